The van der Waals surface area contributed by atoms with Gasteiger partial charge in [-0.05, 0) is 55.7 Å². The first kappa shape index (κ1) is 14.1. The van der Waals surface area contributed by atoms with E-state index in [4.69, 9.17) is 5.73 Å². The van der Waals surface area contributed by atoms with E-state index in [0.717, 1.165) is 18.9 Å². The minimum absolute atomic E-state index is 0.398. The van der Waals surface area contributed by atoms with Crippen molar-refractivity contribution in [1.29, 1.82) is 0 Å². The van der Waals surface area contributed by atoms with E-state index in [1.807, 2.05) is 11.3 Å². The lowest BCUT2D eigenvalue weighted by molar-refractivity contribution is 0.143. The summed E-state index contributed by atoms with van der Waals surface area (Å²) in [5, 5.41) is 0. The van der Waals surface area contributed by atoms with Crippen molar-refractivity contribution in [3.8, 4) is 0 Å². The Hall–Kier alpha value is -0.340. The first-order valence-corrected chi connectivity index (χ1v) is 8.30. The lowest BCUT2D eigenvalue weighted by atomic mass is 9.67. The highest BCUT2D eigenvalue weighted by atomic mass is 32.1. The van der Waals surface area contributed by atoms with Gasteiger partial charge in [0.1, 0.15) is 0 Å². The Kier molecular flexibility index (Phi) is 4.85. The summed E-state index contributed by atoms with van der Waals surface area (Å²) in [6.07, 6.45) is 9.18. The fourth-order valence-corrected chi connectivity index (χ4v) is 4.56. The Morgan fingerprint density at radius 2 is 2.11 bits per heavy atom. The quantitative estimate of drug-likeness (QED) is 0.839. The molecule has 2 rings (SSSR count). The van der Waals surface area contributed by atoms with Crippen molar-refractivity contribution >= 4 is 11.3 Å². The van der Waals surface area contributed by atoms with Gasteiger partial charge in [-0.25, -0.2) is 0 Å². The van der Waals surface area contributed by atoms with Crippen LogP contribution in [0.5, 0.6) is 0 Å². The standard InChI is InChI=1S/C16H27NS/c1-3-13-6-5-9-16(10-13,12-17)11-15-8-7-14(4-2)18-15/h7-8,13H,3-6,9-12,17H2,1-2H3. The molecule has 1 aromatic rings. The molecule has 102 valence electrons. The number of rotatable bonds is 5. The molecule has 0 radical (unpaired) electrons. The van der Waals surface area contributed by atoms with Crippen molar-refractivity contribution in [3.05, 3.63) is 21.9 Å². The minimum Gasteiger partial charge on any atom is -0.330 e. The number of hydrogen-bond acceptors (Lipinski definition) is 2. The topological polar surface area (TPSA) is 26.0 Å². The molecule has 2 heteroatoms. The van der Waals surface area contributed by atoms with Gasteiger partial charge in [-0.1, -0.05) is 33.1 Å². The van der Waals surface area contributed by atoms with Gasteiger partial charge in [-0.3, -0.25) is 0 Å². The van der Waals surface area contributed by atoms with Crippen LogP contribution in [0.2, 0.25) is 0 Å². The maximum atomic E-state index is 6.15. The minimum atomic E-state index is 0.398. The van der Waals surface area contributed by atoms with Gasteiger partial charge in [0, 0.05) is 9.75 Å². The van der Waals surface area contributed by atoms with Gasteiger partial charge in [-0.15, -0.1) is 11.3 Å². The largest absolute Gasteiger partial charge is 0.330 e. The van der Waals surface area contributed by atoms with E-state index in [1.165, 1.54) is 43.4 Å². The van der Waals surface area contributed by atoms with E-state index >= 15 is 0 Å². The molecule has 1 heterocycles. The van der Waals surface area contributed by atoms with E-state index in [2.05, 4.69) is 26.0 Å². The number of hydrogen-bond donors (Lipinski definition) is 1. The molecule has 0 bridgehead atoms. The SMILES string of the molecule is CCc1ccc(CC2(CN)CCCC(CC)C2)s1. The van der Waals surface area contributed by atoms with Crippen LogP contribution in [0.25, 0.3) is 0 Å². The maximum absolute atomic E-state index is 6.15. The Bertz CT molecular complexity index is 371. The lowest BCUT2D eigenvalue weighted by Crippen LogP contribution is -2.37. The van der Waals surface area contributed by atoms with Crippen molar-refractivity contribution in [2.45, 2.75) is 58.8 Å². The molecule has 0 aliphatic heterocycles. The third kappa shape index (κ3) is 3.16. The zero-order valence-corrected chi connectivity index (χ0v) is 12.7. The maximum Gasteiger partial charge on any atom is 0.00541 e. The highest BCUT2D eigenvalue weighted by molar-refractivity contribution is 7.11. The summed E-state index contributed by atoms with van der Waals surface area (Å²) in [5.74, 6) is 0.910. The molecule has 1 aliphatic rings. The smallest absolute Gasteiger partial charge is 0.00541 e. The Morgan fingerprint density at radius 3 is 2.72 bits per heavy atom. The van der Waals surface area contributed by atoms with Crippen molar-refractivity contribution in [1.82, 2.24) is 0 Å². The molecule has 18 heavy (non-hydrogen) atoms. The number of nitrogens with two attached hydrogens (primary N) is 1. The molecule has 0 aromatic carbocycles. The molecule has 1 aliphatic carbocycles. The van der Waals surface area contributed by atoms with E-state index in [0.29, 0.717) is 5.41 Å². The number of aryl methyl sites for hydroxylation is 1. The van der Waals surface area contributed by atoms with Crippen LogP contribution in [-0.4, -0.2) is 6.54 Å². The Balaban J connectivity index is 2.07. The van der Waals surface area contributed by atoms with Crippen molar-refractivity contribution in [3.63, 3.8) is 0 Å². The van der Waals surface area contributed by atoms with Crippen LogP contribution in [0.1, 0.15) is 55.7 Å². The average Bonchev–Trinajstić information content (AvgIpc) is 2.86. The monoisotopic (exact) mass is 265 g/mol. The second-order valence-electron chi connectivity index (χ2n) is 5.97. The summed E-state index contributed by atoms with van der Waals surface area (Å²) in [5.41, 5.74) is 6.54. The Labute approximate surface area is 116 Å². The molecule has 1 fully saturated rings. The molecule has 0 saturated heterocycles. The molecule has 2 N–H and O–H groups in total. The summed E-state index contributed by atoms with van der Waals surface area (Å²) in [6.45, 7) is 5.43. The van der Waals surface area contributed by atoms with Crippen molar-refractivity contribution < 1.29 is 0 Å². The molecular formula is C16H27NS. The van der Waals surface area contributed by atoms with E-state index in [-0.39, 0.29) is 0 Å². The van der Waals surface area contributed by atoms with Crippen LogP contribution in [0.3, 0.4) is 0 Å². The summed E-state index contributed by atoms with van der Waals surface area (Å²) < 4.78 is 0. The number of thiophene rings is 1. The van der Waals surface area contributed by atoms with Gasteiger partial charge in [0.2, 0.25) is 0 Å². The van der Waals surface area contributed by atoms with Crippen LogP contribution in [-0.2, 0) is 12.8 Å². The molecule has 0 amide bonds. The van der Waals surface area contributed by atoms with Gasteiger partial charge in [0.25, 0.3) is 0 Å². The third-order valence-electron chi connectivity index (χ3n) is 4.67. The highest BCUT2D eigenvalue weighted by Crippen LogP contribution is 2.43. The lowest BCUT2D eigenvalue weighted by Gasteiger charge is -2.40. The molecule has 0 spiro atoms. The van der Waals surface area contributed by atoms with Crippen LogP contribution >= 0.6 is 11.3 Å². The van der Waals surface area contributed by atoms with Gasteiger partial charge in [0.05, 0.1) is 0 Å². The van der Waals surface area contributed by atoms with Gasteiger partial charge < -0.3 is 5.73 Å². The normalized spacial score (nSPS) is 28.5. The Morgan fingerprint density at radius 1 is 1.33 bits per heavy atom. The molecule has 2 atom stereocenters. The molecule has 1 nitrogen and oxygen atoms in total. The first-order chi connectivity index (χ1) is 8.71. The van der Waals surface area contributed by atoms with Crippen LogP contribution in [0.4, 0.5) is 0 Å². The molecule has 2 unspecified atom stereocenters. The van der Waals surface area contributed by atoms with E-state index in [1.54, 1.807) is 4.88 Å². The van der Waals surface area contributed by atoms with Gasteiger partial charge in [-0.2, -0.15) is 0 Å². The molecule has 1 aromatic heterocycles. The third-order valence-corrected chi connectivity index (χ3v) is 5.90. The zero-order valence-electron chi connectivity index (χ0n) is 11.9. The average molecular weight is 265 g/mol. The predicted octanol–water partition coefficient (Wildman–Crippen LogP) is 4.40. The van der Waals surface area contributed by atoms with Gasteiger partial charge in [0.15, 0.2) is 0 Å². The van der Waals surface area contributed by atoms with Crippen LogP contribution in [0.15, 0.2) is 12.1 Å². The van der Waals surface area contributed by atoms with Crippen molar-refractivity contribution in [2.75, 3.05) is 6.54 Å². The van der Waals surface area contributed by atoms with Crippen molar-refractivity contribution in [2.24, 2.45) is 17.1 Å². The summed E-state index contributed by atoms with van der Waals surface area (Å²) in [7, 11) is 0. The van der Waals surface area contributed by atoms with Gasteiger partial charge >= 0.3 is 0 Å². The van der Waals surface area contributed by atoms with E-state index in [9.17, 15) is 0 Å². The first-order valence-electron chi connectivity index (χ1n) is 7.49. The van der Waals surface area contributed by atoms with Crippen LogP contribution in [0, 0.1) is 11.3 Å². The second-order valence-corrected chi connectivity index (χ2v) is 7.23. The fourth-order valence-electron chi connectivity index (χ4n) is 3.43. The highest BCUT2D eigenvalue weighted by Gasteiger charge is 2.35. The summed E-state index contributed by atoms with van der Waals surface area (Å²) >= 11 is 1.99. The zero-order chi connectivity index (χ0) is 13.0. The summed E-state index contributed by atoms with van der Waals surface area (Å²) in [4.78, 5) is 3.06. The fraction of sp³-hybridized carbons (Fsp3) is 0.750. The second kappa shape index (κ2) is 6.21. The predicted molar refractivity (Wildman–Crippen MR) is 81.1 cm³/mol. The molecule has 1 saturated carbocycles. The summed E-state index contributed by atoms with van der Waals surface area (Å²) in [6, 6.07) is 4.63. The van der Waals surface area contributed by atoms with E-state index < -0.39 is 0 Å². The van der Waals surface area contributed by atoms with Crippen LogP contribution < -0.4 is 5.73 Å². The molecular weight excluding hydrogens is 238 g/mol.